The maximum Gasteiger partial charge on any atom is 0.149 e. The zero-order valence-corrected chi connectivity index (χ0v) is 8.49. The van der Waals surface area contributed by atoms with E-state index in [-0.39, 0.29) is 6.54 Å². The SMILES string of the molecule is CC(O)(CN)CSc1nccs1. The second-order valence-corrected chi connectivity index (χ2v) is 4.90. The van der Waals surface area contributed by atoms with Crippen LogP contribution in [0.3, 0.4) is 0 Å². The molecule has 5 heteroatoms. The van der Waals surface area contributed by atoms with Crippen LogP contribution in [0.1, 0.15) is 6.92 Å². The van der Waals surface area contributed by atoms with E-state index in [0.29, 0.717) is 5.75 Å². The van der Waals surface area contributed by atoms with Gasteiger partial charge < -0.3 is 10.8 Å². The Kier molecular flexibility index (Phi) is 3.52. The highest BCUT2D eigenvalue weighted by molar-refractivity contribution is 8.01. The van der Waals surface area contributed by atoms with Crippen molar-refractivity contribution in [1.29, 1.82) is 0 Å². The van der Waals surface area contributed by atoms with Crippen molar-refractivity contribution in [2.75, 3.05) is 12.3 Å². The van der Waals surface area contributed by atoms with E-state index in [1.54, 1.807) is 24.5 Å². The zero-order chi connectivity index (χ0) is 9.03. The van der Waals surface area contributed by atoms with Gasteiger partial charge in [-0.3, -0.25) is 0 Å². The first-order valence-corrected chi connectivity index (χ1v) is 5.45. The van der Waals surface area contributed by atoms with Gasteiger partial charge in [0, 0.05) is 23.9 Å². The second kappa shape index (κ2) is 4.23. The monoisotopic (exact) mass is 204 g/mol. The molecule has 1 aromatic heterocycles. The molecule has 3 N–H and O–H groups in total. The summed E-state index contributed by atoms with van der Waals surface area (Å²) in [4.78, 5) is 4.08. The fourth-order valence-electron chi connectivity index (χ4n) is 0.558. The topological polar surface area (TPSA) is 59.1 Å². The molecule has 0 saturated carbocycles. The van der Waals surface area contributed by atoms with Crippen LogP contribution in [0.25, 0.3) is 0 Å². The van der Waals surface area contributed by atoms with Crippen LogP contribution in [-0.4, -0.2) is 28.0 Å². The lowest BCUT2D eigenvalue weighted by molar-refractivity contribution is 0.0949. The highest BCUT2D eigenvalue weighted by Crippen LogP contribution is 2.23. The van der Waals surface area contributed by atoms with Gasteiger partial charge in [-0.1, -0.05) is 11.8 Å². The van der Waals surface area contributed by atoms with Crippen LogP contribution < -0.4 is 5.73 Å². The Morgan fingerprint density at radius 3 is 3.08 bits per heavy atom. The fraction of sp³-hybridized carbons (Fsp3) is 0.571. The normalized spacial score (nSPS) is 15.9. The summed E-state index contributed by atoms with van der Waals surface area (Å²) in [5, 5.41) is 11.5. The van der Waals surface area contributed by atoms with Gasteiger partial charge >= 0.3 is 0 Å². The van der Waals surface area contributed by atoms with E-state index in [1.807, 2.05) is 5.38 Å². The predicted molar refractivity (Wildman–Crippen MR) is 52.5 cm³/mol. The number of aromatic nitrogens is 1. The van der Waals surface area contributed by atoms with Crippen molar-refractivity contribution in [2.24, 2.45) is 5.73 Å². The van der Waals surface area contributed by atoms with Crippen LogP contribution in [0.5, 0.6) is 0 Å². The van der Waals surface area contributed by atoms with Gasteiger partial charge in [-0.25, -0.2) is 4.98 Å². The van der Waals surface area contributed by atoms with Gasteiger partial charge in [0.15, 0.2) is 0 Å². The van der Waals surface area contributed by atoms with Crippen LogP contribution in [0.15, 0.2) is 15.9 Å². The van der Waals surface area contributed by atoms with E-state index in [9.17, 15) is 5.11 Å². The van der Waals surface area contributed by atoms with E-state index in [2.05, 4.69) is 4.98 Å². The van der Waals surface area contributed by atoms with Gasteiger partial charge in [-0.2, -0.15) is 0 Å². The molecule has 0 amide bonds. The summed E-state index contributed by atoms with van der Waals surface area (Å²) in [7, 11) is 0. The van der Waals surface area contributed by atoms with Crippen molar-refractivity contribution < 1.29 is 5.11 Å². The van der Waals surface area contributed by atoms with Crippen molar-refractivity contribution in [3.05, 3.63) is 11.6 Å². The second-order valence-electron chi connectivity index (χ2n) is 2.79. The van der Waals surface area contributed by atoms with Crippen LogP contribution in [0.2, 0.25) is 0 Å². The molecule has 1 aromatic rings. The number of aliphatic hydroxyl groups is 1. The zero-order valence-electron chi connectivity index (χ0n) is 6.86. The lowest BCUT2D eigenvalue weighted by Crippen LogP contribution is -2.36. The molecule has 1 rings (SSSR count). The van der Waals surface area contributed by atoms with Crippen LogP contribution in [-0.2, 0) is 0 Å². The molecule has 0 fully saturated rings. The van der Waals surface area contributed by atoms with Gasteiger partial charge in [-0.05, 0) is 6.92 Å². The Balaban J connectivity index is 2.36. The third kappa shape index (κ3) is 3.10. The molecule has 12 heavy (non-hydrogen) atoms. The first kappa shape index (κ1) is 9.98. The maximum atomic E-state index is 9.55. The summed E-state index contributed by atoms with van der Waals surface area (Å²) in [5.74, 6) is 0.594. The number of hydrogen-bond donors (Lipinski definition) is 2. The molecule has 1 unspecified atom stereocenters. The molecule has 68 valence electrons. The third-order valence-corrected chi connectivity index (χ3v) is 3.68. The number of hydrogen-bond acceptors (Lipinski definition) is 5. The van der Waals surface area contributed by atoms with Gasteiger partial charge in [0.25, 0.3) is 0 Å². The van der Waals surface area contributed by atoms with Gasteiger partial charge in [0.1, 0.15) is 4.34 Å². The highest BCUT2D eigenvalue weighted by Gasteiger charge is 2.18. The fourth-order valence-corrected chi connectivity index (χ4v) is 2.22. The summed E-state index contributed by atoms with van der Waals surface area (Å²) < 4.78 is 0.976. The van der Waals surface area contributed by atoms with Crippen LogP contribution in [0, 0.1) is 0 Å². The van der Waals surface area contributed by atoms with Gasteiger partial charge in [-0.15, -0.1) is 11.3 Å². The molecule has 0 radical (unpaired) electrons. The molecule has 1 heterocycles. The number of nitrogens with two attached hydrogens (primary N) is 1. The van der Waals surface area contributed by atoms with Gasteiger partial charge in [0.05, 0.1) is 5.60 Å². The highest BCUT2D eigenvalue weighted by atomic mass is 32.2. The average Bonchev–Trinajstić information content (AvgIpc) is 2.53. The molecule has 0 aliphatic rings. The summed E-state index contributed by atoms with van der Waals surface area (Å²) in [5.41, 5.74) is 4.58. The minimum absolute atomic E-state index is 0.283. The largest absolute Gasteiger partial charge is 0.388 e. The summed E-state index contributed by atoms with van der Waals surface area (Å²) >= 11 is 3.11. The number of thioether (sulfide) groups is 1. The molecule has 0 spiro atoms. The summed E-state index contributed by atoms with van der Waals surface area (Å²) in [6.07, 6.45) is 1.75. The Morgan fingerprint density at radius 1 is 1.83 bits per heavy atom. The smallest absolute Gasteiger partial charge is 0.149 e. The maximum absolute atomic E-state index is 9.55. The molecular weight excluding hydrogens is 192 g/mol. The van der Waals surface area contributed by atoms with Crippen LogP contribution in [0.4, 0.5) is 0 Å². The third-order valence-electron chi connectivity index (χ3n) is 1.36. The summed E-state index contributed by atoms with van der Waals surface area (Å²) in [6, 6.07) is 0. The van der Waals surface area contributed by atoms with Gasteiger partial charge in [0.2, 0.25) is 0 Å². The van der Waals surface area contributed by atoms with E-state index in [0.717, 1.165) is 4.34 Å². The Bertz CT molecular complexity index is 223. The van der Waals surface area contributed by atoms with Crippen molar-refractivity contribution in [3.8, 4) is 0 Å². The lowest BCUT2D eigenvalue weighted by Gasteiger charge is -2.19. The van der Waals surface area contributed by atoms with Crippen molar-refractivity contribution >= 4 is 23.1 Å². The van der Waals surface area contributed by atoms with E-state index >= 15 is 0 Å². The number of rotatable bonds is 4. The minimum Gasteiger partial charge on any atom is -0.388 e. The number of thiazole rings is 1. The molecule has 0 aromatic carbocycles. The van der Waals surface area contributed by atoms with E-state index in [1.165, 1.54) is 11.8 Å². The first-order valence-electron chi connectivity index (χ1n) is 3.59. The standard InChI is InChI=1S/C7H12N2OS2/c1-7(10,4-8)5-12-6-9-2-3-11-6/h2-3,10H,4-5,8H2,1H3. The molecule has 0 aliphatic carbocycles. The van der Waals surface area contributed by atoms with Crippen LogP contribution >= 0.6 is 23.1 Å². The molecule has 0 saturated heterocycles. The Hall–Kier alpha value is -0.100. The molecule has 0 aliphatic heterocycles. The average molecular weight is 204 g/mol. The minimum atomic E-state index is -0.781. The Morgan fingerprint density at radius 2 is 2.58 bits per heavy atom. The van der Waals surface area contributed by atoms with Crippen molar-refractivity contribution in [1.82, 2.24) is 4.98 Å². The molecular formula is C7H12N2OS2. The molecule has 1 atom stereocenters. The summed E-state index contributed by atoms with van der Waals surface area (Å²) in [6.45, 7) is 2.01. The van der Waals surface area contributed by atoms with Crippen molar-refractivity contribution in [2.45, 2.75) is 16.9 Å². The van der Waals surface area contributed by atoms with E-state index in [4.69, 9.17) is 5.73 Å². The molecule has 3 nitrogen and oxygen atoms in total. The van der Waals surface area contributed by atoms with E-state index < -0.39 is 5.60 Å². The first-order chi connectivity index (χ1) is 5.64. The lowest BCUT2D eigenvalue weighted by atomic mass is 10.1. The van der Waals surface area contributed by atoms with Crippen molar-refractivity contribution in [3.63, 3.8) is 0 Å². The Labute approximate surface area is 80.0 Å². The molecule has 0 bridgehead atoms. The quantitative estimate of drug-likeness (QED) is 0.717. The number of nitrogens with zero attached hydrogens (tertiary/aromatic N) is 1. The predicted octanol–water partition coefficient (Wildman–Crippen LogP) is 0.945.